The zero-order valence-corrected chi connectivity index (χ0v) is 14.4. The van der Waals surface area contributed by atoms with Crippen LogP contribution in [0.25, 0.3) is 0 Å². The number of rotatable bonds is 7. The molecular weight excluding hydrogens is 318 g/mol. The number of hydrogen-bond donors (Lipinski definition) is 1. The fourth-order valence-corrected chi connectivity index (χ4v) is 2.87. The molecule has 0 bridgehead atoms. The zero-order valence-electron chi connectivity index (χ0n) is 14.4. The molecular formula is C18H23N5O2. The van der Waals surface area contributed by atoms with Crippen LogP contribution in [0.5, 0.6) is 5.88 Å². The molecule has 0 aliphatic carbocycles. The number of nitrogens with zero attached hydrogens (tertiary/aromatic N) is 4. The number of hydrogen-bond acceptors (Lipinski definition) is 6. The largest absolute Gasteiger partial charge is 0.475 e. The lowest BCUT2D eigenvalue weighted by Crippen LogP contribution is -2.38. The van der Waals surface area contributed by atoms with Crippen LogP contribution < -0.4 is 15.0 Å². The molecule has 0 spiro atoms. The van der Waals surface area contributed by atoms with Gasteiger partial charge in [-0.2, -0.15) is 0 Å². The number of carbonyl (C=O) groups excluding carboxylic acids is 1. The lowest BCUT2D eigenvalue weighted by atomic mass is 10.2. The van der Waals surface area contributed by atoms with Gasteiger partial charge in [0.05, 0.1) is 13.0 Å². The maximum Gasteiger partial charge on any atom is 0.257 e. The molecule has 0 aromatic carbocycles. The van der Waals surface area contributed by atoms with Crippen LogP contribution in [0.3, 0.4) is 0 Å². The molecule has 3 heterocycles. The maximum atomic E-state index is 12.2. The van der Waals surface area contributed by atoms with E-state index in [1.54, 1.807) is 24.8 Å². The smallest absolute Gasteiger partial charge is 0.257 e. The number of ether oxygens (including phenoxy) is 1. The standard InChI is InChI=1S/C18H23N5O2/c1-2-10-25-18-17(20-7-8-21-18)23-9-5-15(13-23)22-16(24)11-14-4-3-6-19-12-14/h3-4,6-8,12,15H,2,5,9-11,13H2,1H3,(H,22,24). The van der Waals surface area contributed by atoms with E-state index in [-0.39, 0.29) is 11.9 Å². The third-order valence-corrected chi connectivity index (χ3v) is 4.03. The quantitative estimate of drug-likeness (QED) is 0.824. The molecule has 7 heteroatoms. The summed E-state index contributed by atoms with van der Waals surface area (Å²) in [6.07, 6.45) is 8.87. The average Bonchev–Trinajstić information content (AvgIpc) is 3.09. The van der Waals surface area contributed by atoms with Gasteiger partial charge in [-0.15, -0.1) is 0 Å². The summed E-state index contributed by atoms with van der Waals surface area (Å²) in [6.45, 7) is 4.20. The molecule has 3 rings (SSSR count). The Morgan fingerprint density at radius 3 is 3.04 bits per heavy atom. The maximum absolute atomic E-state index is 12.2. The summed E-state index contributed by atoms with van der Waals surface area (Å²) >= 11 is 0. The van der Waals surface area contributed by atoms with Crippen molar-refractivity contribution in [3.8, 4) is 5.88 Å². The van der Waals surface area contributed by atoms with Gasteiger partial charge in [-0.1, -0.05) is 13.0 Å². The molecule has 2 aromatic heterocycles. The van der Waals surface area contributed by atoms with Crippen molar-refractivity contribution < 1.29 is 9.53 Å². The summed E-state index contributed by atoms with van der Waals surface area (Å²) in [5.41, 5.74) is 0.916. The summed E-state index contributed by atoms with van der Waals surface area (Å²) in [6, 6.07) is 3.85. The van der Waals surface area contributed by atoms with Crippen molar-refractivity contribution in [3.05, 3.63) is 42.5 Å². The van der Waals surface area contributed by atoms with Gasteiger partial charge in [-0.25, -0.2) is 9.97 Å². The summed E-state index contributed by atoms with van der Waals surface area (Å²) in [4.78, 5) is 27.1. The molecule has 1 aliphatic heterocycles. The Kier molecular flexibility index (Phi) is 5.77. The van der Waals surface area contributed by atoms with Crippen molar-refractivity contribution in [3.63, 3.8) is 0 Å². The first kappa shape index (κ1) is 17.1. The van der Waals surface area contributed by atoms with Gasteiger partial charge in [-0.3, -0.25) is 9.78 Å². The van der Waals surface area contributed by atoms with Crippen LogP contribution in [-0.2, 0) is 11.2 Å². The number of pyridine rings is 1. The van der Waals surface area contributed by atoms with E-state index >= 15 is 0 Å². The Bertz CT molecular complexity index is 695. The third kappa shape index (κ3) is 4.65. The Hall–Kier alpha value is -2.70. The minimum Gasteiger partial charge on any atom is -0.475 e. The average molecular weight is 341 g/mol. The van der Waals surface area contributed by atoms with Crippen LogP contribution in [0.2, 0.25) is 0 Å². The Balaban J connectivity index is 1.56. The SMILES string of the molecule is CCCOc1nccnc1N1CCC(NC(=O)Cc2cccnc2)C1. The van der Waals surface area contributed by atoms with E-state index in [2.05, 4.69) is 32.1 Å². The minimum atomic E-state index is 0.0152. The fourth-order valence-electron chi connectivity index (χ4n) is 2.87. The monoisotopic (exact) mass is 341 g/mol. The first-order chi connectivity index (χ1) is 12.3. The van der Waals surface area contributed by atoms with Crippen molar-refractivity contribution in [2.24, 2.45) is 0 Å². The highest BCUT2D eigenvalue weighted by atomic mass is 16.5. The first-order valence-corrected chi connectivity index (χ1v) is 8.63. The van der Waals surface area contributed by atoms with E-state index in [0.717, 1.165) is 30.8 Å². The van der Waals surface area contributed by atoms with Crippen molar-refractivity contribution in [1.29, 1.82) is 0 Å². The van der Waals surface area contributed by atoms with Gasteiger partial charge in [-0.05, 0) is 24.5 Å². The molecule has 1 unspecified atom stereocenters. The second-order valence-electron chi connectivity index (χ2n) is 6.07. The number of amides is 1. The molecule has 2 aromatic rings. The number of anilines is 1. The molecule has 0 radical (unpaired) electrons. The van der Waals surface area contributed by atoms with E-state index in [0.29, 0.717) is 25.5 Å². The Morgan fingerprint density at radius 1 is 1.36 bits per heavy atom. The van der Waals surface area contributed by atoms with Crippen molar-refractivity contribution in [2.75, 3.05) is 24.6 Å². The van der Waals surface area contributed by atoms with E-state index < -0.39 is 0 Å². The van der Waals surface area contributed by atoms with Gasteiger partial charge in [0.1, 0.15) is 0 Å². The van der Waals surface area contributed by atoms with Crippen LogP contribution in [0.15, 0.2) is 36.9 Å². The van der Waals surface area contributed by atoms with Crippen LogP contribution in [-0.4, -0.2) is 46.6 Å². The molecule has 132 valence electrons. The molecule has 1 atom stereocenters. The summed E-state index contributed by atoms with van der Waals surface area (Å²) in [7, 11) is 0. The normalized spacial score (nSPS) is 16.7. The number of carbonyl (C=O) groups is 1. The van der Waals surface area contributed by atoms with Crippen LogP contribution in [0, 0.1) is 0 Å². The summed E-state index contributed by atoms with van der Waals surface area (Å²) in [5.74, 6) is 1.33. The molecule has 25 heavy (non-hydrogen) atoms. The van der Waals surface area contributed by atoms with Crippen LogP contribution in [0.4, 0.5) is 5.82 Å². The fraction of sp³-hybridized carbons (Fsp3) is 0.444. The molecule has 1 N–H and O–H groups in total. The van der Waals surface area contributed by atoms with Gasteiger partial charge >= 0.3 is 0 Å². The van der Waals surface area contributed by atoms with Crippen molar-refractivity contribution in [1.82, 2.24) is 20.3 Å². The Morgan fingerprint density at radius 2 is 2.24 bits per heavy atom. The van der Waals surface area contributed by atoms with Gasteiger partial charge < -0.3 is 15.0 Å². The van der Waals surface area contributed by atoms with Crippen molar-refractivity contribution >= 4 is 11.7 Å². The van der Waals surface area contributed by atoms with E-state index in [1.807, 2.05) is 12.1 Å². The topological polar surface area (TPSA) is 80.2 Å². The van der Waals surface area contributed by atoms with Crippen LogP contribution in [0.1, 0.15) is 25.3 Å². The molecule has 1 saturated heterocycles. The zero-order chi connectivity index (χ0) is 17.5. The summed E-state index contributed by atoms with van der Waals surface area (Å²) in [5, 5.41) is 3.09. The minimum absolute atomic E-state index is 0.0152. The second kappa shape index (κ2) is 8.41. The highest BCUT2D eigenvalue weighted by Crippen LogP contribution is 2.26. The van der Waals surface area contributed by atoms with Gasteiger partial charge in [0, 0.05) is 43.9 Å². The molecule has 1 amide bonds. The second-order valence-corrected chi connectivity index (χ2v) is 6.07. The van der Waals surface area contributed by atoms with Crippen molar-refractivity contribution in [2.45, 2.75) is 32.2 Å². The predicted molar refractivity (Wildman–Crippen MR) is 94.5 cm³/mol. The van der Waals surface area contributed by atoms with E-state index in [1.165, 1.54) is 0 Å². The van der Waals surface area contributed by atoms with Gasteiger partial charge in [0.2, 0.25) is 5.91 Å². The molecule has 1 fully saturated rings. The highest BCUT2D eigenvalue weighted by Gasteiger charge is 2.27. The number of nitrogens with one attached hydrogen (secondary N) is 1. The van der Waals surface area contributed by atoms with Gasteiger partial charge in [0.25, 0.3) is 5.88 Å². The summed E-state index contributed by atoms with van der Waals surface area (Å²) < 4.78 is 5.68. The lowest BCUT2D eigenvalue weighted by Gasteiger charge is -2.20. The van der Waals surface area contributed by atoms with E-state index in [4.69, 9.17) is 4.74 Å². The van der Waals surface area contributed by atoms with Gasteiger partial charge in [0.15, 0.2) is 5.82 Å². The number of aromatic nitrogens is 3. The molecule has 7 nitrogen and oxygen atoms in total. The highest BCUT2D eigenvalue weighted by molar-refractivity contribution is 5.78. The van der Waals surface area contributed by atoms with E-state index in [9.17, 15) is 4.79 Å². The molecule has 1 aliphatic rings. The van der Waals surface area contributed by atoms with Crippen LogP contribution >= 0.6 is 0 Å². The lowest BCUT2D eigenvalue weighted by molar-refractivity contribution is -0.121. The predicted octanol–water partition coefficient (Wildman–Crippen LogP) is 1.60. The molecule has 0 saturated carbocycles. The first-order valence-electron chi connectivity index (χ1n) is 8.63. The third-order valence-electron chi connectivity index (χ3n) is 4.03. The Labute approximate surface area is 147 Å².